The highest BCUT2D eigenvalue weighted by atomic mass is 16.5. The van der Waals surface area contributed by atoms with Crippen LogP contribution >= 0.6 is 0 Å². The van der Waals surface area contributed by atoms with Crippen LogP contribution < -0.4 is 10.1 Å². The van der Waals surface area contributed by atoms with Gasteiger partial charge in [0, 0.05) is 30.2 Å². The van der Waals surface area contributed by atoms with E-state index in [1.165, 1.54) is 18.4 Å². The van der Waals surface area contributed by atoms with E-state index in [2.05, 4.69) is 22.3 Å². The Balaban J connectivity index is 1.48. The summed E-state index contributed by atoms with van der Waals surface area (Å²) in [6, 6.07) is 20.0. The molecule has 0 spiro atoms. The standard InChI is InChI=1S/C24H27N3O2/c1-29-22-11-9-19(10-12-22)23(27-15-4-5-16-27)18-25-24(28)20-7-6-8-21(17-20)26-13-2-3-14-26/h2-3,6-14,17,23H,4-5,15-16,18H2,1H3,(H,25,28). The molecule has 0 saturated carbocycles. The molecule has 1 fully saturated rings. The maximum Gasteiger partial charge on any atom is 0.251 e. The van der Waals surface area contributed by atoms with E-state index in [0.29, 0.717) is 12.1 Å². The van der Waals surface area contributed by atoms with Gasteiger partial charge in [-0.3, -0.25) is 9.69 Å². The van der Waals surface area contributed by atoms with Gasteiger partial charge < -0.3 is 14.6 Å². The van der Waals surface area contributed by atoms with E-state index in [9.17, 15) is 4.79 Å². The molecule has 1 aromatic heterocycles. The lowest BCUT2D eigenvalue weighted by molar-refractivity contribution is 0.0938. The average molecular weight is 389 g/mol. The molecule has 1 unspecified atom stereocenters. The van der Waals surface area contributed by atoms with E-state index < -0.39 is 0 Å². The number of nitrogens with zero attached hydrogens (tertiary/aromatic N) is 2. The van der Waals surface area contributed by atoms with Gasteiger partial charge in [-0.15, -0.1) is 0 Å². The molecule has 3 aromatic rings. The zero-order valence-corrected chi connectivity index (χ0v) is 16.8. The van der Waals surface area contributed by atoms with Gasteiger partial charge in [-0.25, -0.2) is 0 Å². The first kappa shape index (κ1) is 19.3. The minimum absolute atomic E-state index is 0.0447. The molecule has 1 aliphatic rings. The lowest BCUT2D eigenvalue weighted by Crippen LogP contribution is -2.36. The second kappa shape index (κ2) is 8.97. The smallest absolute Gasteiger partial charge is 0.251 e. The molecule has 1 N–H and O–H groups in total. The van der Waals surface area contributed by atoms with Crippen LogP contribution in [0.3, 0.4) is 0 Å². The van der Waals surface area contributed by atoms with E-state index in [1.807, 2.05) is 65.5 Å². The number of methoxy groups -OCH3 is 1. The van der Waals surface area contributed by atoms with E-state index >= 15 is 0 Å². The van der Waals surface area contributed by atoms with Gasteiger partial charge in [-0.2, -0.15) is 0 Å². The first-order valence-electron chi connectivity index (χ1n) is 10.1. The summed E-state index contributed by atoms with van der Waals surface area (Å²) in [6.45, 7) is 2.71. The molecule has 1 amide bonds. The van der Waals surface area contributed by atoms with Crippen LogP contribution in [0.2, 0.25) is 0 Å². The monoisotopic (exact) mass is 389 g/mol. The van der Waals surface area contributed by atoms with Crippen molar-refractivity contribution in [3.63, 3.8) is 0 Å². The maximum absolute atomic E-state index is 12.9. The van der Waals surface area contributed by atoms with Crippen LogP contribution in [0, 0.1) is 0 Å². The van der Waals surface area contributed by atoms with Crippen molar-refractivity contribution in [3.05, 3.63) is 84.2 Å². The van der Waals surface area contributed by atoms with Crippen LogP contribution in [0.1, 0.15) is 34.8 Å². The first-order chi connectivity index (χ1) is 14.2. The van der Waals surface area contributed by atoms with E-state index in [1.54, 1.807) is 7.11 Å². The Kier molecular flexibility index (Phi) is 5.96. The predicted octanol–water partition coefficient (Wildman–Crippen LogP) is 4.05. The van der Waals surface area contributed by atoms with Crippen molar-refractivity contribution in [2.24, 2.45) is 0 Å². The summed E-state index contributed by atoms with van der Waals surface area (Å²) in [6.07, 6.45) is 6.37. The molecule has 0 aliphatic carbocycles. The van der Waals surface area contributed by atoms with Gasteiger partial charge in [-0.1, -0.05) is 18.2 Å². The van der Waals surface area contributed by atoms with E-state index in [4.69, 9.17) is 4.74 Å². The zero-order chi connectivity index (χ0) is 20.1. The lowest BCUT2D eigenvalue weighted by Gasteiger charge is -2.28. The van der Waals surface area contributed by atoms with Gasteiger partial charge in [-0.05, 0) is 74.0 Å². The van der Waals surface area contributed by atoms with Crippen molar-refractivity contribution < 1.29 is 9.53 Å². The first-order valence-corrected chi connectivity index (χ1v) is 10.1. The Morgan fingerprint density at radius 3 is 2.45 bits per heavy atom. The molecule has 5 heteroatoms. The van der Waals surface area contributed by atoms with Crippen LogP contribution in [0.25, 0.3) is 5.69 Å². The third-order valence-electron chi connectivity index (χ3n) is 5.55. The largest absolute Gasteiger partial charge is 0.497 e. The van der Waals surface area contributed by atoms with Crippen LogP contribution in [-0.2, 0) is 0 Å². The number of carbonyl (C=O) groups excluding carboxylic acids is 1. The fourth-order valence-corrected chi connectivity index (χ4v) is 3.94. The Hall–Kier alpha value is -3.05. The van der Waals surface area contributed by atoms with Gasteiger partial charge in [0.2, 0.25) is 0 Å². The van der Waals surface area contributed by atoms with Crippen molar-refractivity contribution in [3.8, 4) is 11.4 Å². The topological polar surface area (TPSA) is 46.5 Å². The van der Waals surface area contributed by atoms with Gasteiger partial charge in [0.15, 0.2) is 0 Å². The van der Waals surface area contributed by atoms with Crippen molar-refractivity contribution in [2.75, 3.05) is 26.7 Å². The van der Waals surface area contributed by atoms with E-state index in [-0.39, 0.29) is 11.9 Å². The van der Waals surface area contributed by atoms with Gasteiger partial charge in [0.05, 0.1) is 13.2 Å². The fraction of sp³-hybridized carbons (Fsp3) is 0.292. The quantitative estimate of drug-likeness (QED) is 0.663. The highest BCUT2D eigenvalue weighted by Crippen LogP contribution is 2.26. The van der Waals surface area contributed by atoms with Crippen LogP contribution in [0.15, 0.2) is 73.1 Å². The summed E-state index contributed by atoms with van der Waals surface area (Å²) >= 11 is 0. The highest BCUT2D eigenvalue weighted by molar-refractivity contribution is 5.94. The highest BCUT2D eigenvalue weighted by Gasteiger charge is 2.24. The number of benzene rings is 2. The molecule has 1 saturated heterocycles. The maximum atomic E-state index is 12.9. The molecule has 0 radical (unpaired) electrons. The molecule has 2 aromatic carbocycles. The molecule has 1 aliphatic heterocycles. The SMILES string of the molecule is COc1ccc(C(CNC(=O)c2cccc(-n3cccc3)c2)N2CCCC2)cc1. The average Bonchev–Trinajstić information content (AvgIpc) is 3.49. The van der Waals surface area contributed by atoms with Gasteiger partial charge in [0.25, 0.3) is 5.91 Å². The van der Waals surface area contributed by atoms with Crippen molar-refractivity contribution in [1.82, 2.24) is 14.8 Å². The summed E-state index contributed by atoms with van der Waals surface area (Å²) in [5, 5.41) is 3.15. The Morgan fingerprint density at radius 1 is 1.03 bits per heavy atom. The lowest BCUT2D eigenvalue weighted by atomic mass is 10.0. The minimum Gasteiger partial charge on any atom is -0.497 e. The molecule has 4 rings (SSSR count). The number of carbonyl (C=O) groups is 1. The van der Waals surface area contributed by atoms with Crippen molar-refractivity contribution in [2.45, 2.75) is 18.9 Å². The molecule has 1 atom stereocenters. The van der Waals surface area contributed by atoms with Crippen LogP contribution in [0.4, 0.5) is 0 Å². The van der Waals surface area contributed by atoms with Crippen LogP contribution in [0.5, 0.6) is 5.75 Å². The Labute approximate surface area is 171 Å². The molecule has 5 nitrogen and oxygen atoms in total. The van der Waals surface area contributed by atoms with Crippen molar-refractivity contribution >= 4 is 5.91 Å². The van der Waals surface area contributed by atoms with Gasteiger partial charge >= 0.3 is 0 Å². The summed E-state index contributed by atoms with van der Waals surface area (Å²) in [7, 11) is 1.68. The Morgan fingerprint density at radius 2 is 1.76 bits per heavy atom. The molecule has 150 valence electrons. The normalized spacial score (nSPS) is 15.2. The number of hydrogen-bond acceptors (Lipinski definition) is 3. The molecular formula is C24H27N3O2. The third kappa shape index (κ3) is 4.51. The predicted molar refractivity (Wildman–Crippen MR) is 115 cm³/mol. The summed E-state index contributed by atoms with van der Waals surface area (Å²) in [5.74, 6) is 0.802. The number of aromatic nitrogens is 1. The molecule has 2 heterocycles. The second-order valence-corrected chi connectivity index (χ2v) is 7.38. The fourth-order valence-electron chi connectivity index (χ4n) is 3.94. The van der Waals surface area contributed by atoms with Crippen molar-refractivity contribution in [1.29, 1.82) is 0 Å². The number of amides is 1. The number of rotatable bonds is 7. The Bertz CT molecular complexity index is 929. The van der Waals surface area contributed by atoms with Gasteiger partial charge in [0.1, 0.15) is 5.75 Å². The zero-order valence-electron chi connectivity index (χ0n) is 16.8. The summed E-state index contributed by atoms with van der Waals surface area (Å²) in [5.41, 5.74) is 2.86. The molecule has 0 bridgehead atoms. The van der Waals surface area contributed by atoms with Crippen LogP contribution in [-0.4, -0.2) is 42.1 Å². The third-order valence-corrected chi connectivity index (χ3v) is 5.55. The summed E-state index contributed by atoms with van der Waals surface area (Å²) in [4.78, 5) is 15.3. The van der Waals surface area contributed by atoms with E-state index in [0.717, 1.165) is 24.5 Å². The number of likely N-dealkylation sites (tertiary alicyclic amines) is 1. The number of ether oxygens (including phenoxy) is 1. The minimum atomic E-state index is -0.0447. The summed E-state index contributed by atoms with van der Waals surface area (Å²) < 4.78 is 7.29. The second-order valence-electron chi connectivity index (χ2n) is 7.38. The number of nitrogens with one attached hydrogen (secondary N) is 1. The number of hydrogen-bond donors (Lipinski definition) is 1. The molecule has 29 heavy (non-hydrogen) atoms. The molecular weight excluding hydrogens is 362 g/mol.